The Morgan fingerprint density at radius 3 is 2.29 bits per heavy atom. The second kappa shape index (κ2) is 12.1. The summed E-state index contributed by atoms with van der Waals surface area (Å²) < 4.78 is 45.5. The molecule has 0 saturated carbocycles. The SMILES string of the molecule is COc1ccc2c(c1OCc1ccccc1)C[C@@H](C(=O)O)N(C(=O)[C@@H](Oc1ccc(F)cc1F)c1ccccc1)C2. The van der Waals surface area contributed by atoms with Gasteiger partial charge in [0.15, 0.2) is 23.1 Å². The fraction of sp³-hybridized carbons (Fsp3) is 0.188. The van der Waals surface area contributed by atoms with E-state index in [1.807, 2.05) is 30.3 Å². The van der Waals surface area contributed by atoms with Gasteiger partial charge in [-0.2, -0.15) is 0 Å². The molecule has 0 spiro atoms. The molecule has 1 amide bonds. The van der Waals surface area contributed by atoms with E-state index >= 15 is 0 Å². The van der Waals surface area contributed by atoms with Crippen LogP contribution in [0.1, 0.15) is 28.4 Å². The van der Waals surface area contributed by atoms with Crippen LogP contribution in [0.5, 0.6) is 17.2 Å². The van der Waals surface area contributed by atoms with E-state index in [9.17, 15) is 23.5 Å². The first-order valence-electron chi connectivity index (χ1n) is 12.9. The number of ether oxygens (including phenoxy) is 3. The predicted molar refractivity (Wildman–Crippen MR) is 146 cm³/mol. The van der Waals surface area contributed by atoms with E-state index in [-0.39, 0.29) is 25.3 Å². The van der Waals surface area contributed by atoms with E-state index in [2.05, 4.69) is 0 Å². The largest absolute Gasteiger partial charge is 0.493 e. The maximum absolute atomic E-state index is 14.5. The van der Waals surface area contributed by atoms with Crippen molar-refractivity contribution in [1.29, 1.82) is 0 Å². The topological polar surface area (TPSA) is 85.3 Å². The van der Waals surface area contributed by atoms with Gasteiger partial charge in [-0.25, -0.2) is 13.6 Å². The quantitative estimate of drug-likeness (QED) is 0.283. The van der Waals surface area contributed by atoms with Crippen LogP contribution in [0.4, 0.5) is 8.78 Å². The molecule has 9 heteroatoms. The molecule has 0 aromatic heterocycles. The van der Waals surface area contributed by atoms with Gasteiger partial charge in [0, 0.05) is 30.2 Å². The molecule has 5 rings (SSSR count). The van der Waals surface area contributed by atoms with Gasteiger partial charge in [0.25, 0.3) is 5.91 Å². The summed E-state index contributed by atoms with van der Waals surface area (Å²) in [6.45, 7) is 0.177. The van der Waals surface area contributed by atoms with Crippen molar-refractivity contribution in [1.82, 2.24) is 4.90 Å². The number of hydrogen-bond acceptors (Lipinski definition) is 5. The summed E-state index contributed by atoms with van der Waals surface area (Å²) >= 11 is 0. The van der Waals surface area contributed by atoms with Gasteiger partial charge in [-0.3, -0.25) is 4.79 Å². The fourth-order valence-corrected chi connectivity index (χ4v) is 4.85. The molecule has 7 nitrogen and oxygen atoms in total. The summed E-state index contributed by atoms with van der Waals surface area (Å²) in [4.78, 5) is 27.7. The lowest BCUT2D eigenvalue weighted by atomic mass is 9.91. The zero-order chi connectivity index (χ0) is 28.9. The number of nitrogens with zero attached hydrogens (tertiary/aromatic N) is 1. The van der Waals surface area contributed by atoms with Crippen LogP contribution in [0.3, 0.4) is 0 Å². The average molecular weight is 560 g/mol. The van der Waals surface area contributed by atoms with Crippen LogP contribution in [0.15, 0.2) is 91.0 Å². The predicted octanol–water partition coefficient (Wildman–Crippen LogP) is 5.71. The first-order chi connectivity index (χ1) is 19.9. The minimum atomic E-state index is -1.38. The number of methoxy groups -OCH3 is 1. The Balaban J connectivity index is 1.50. The zero-order valence-electron chi connectivity index (χ0n) is 22.1. The van der Waals surface area contributed by atoms with Crippen LogP contribution in [0, 0.1) is 11.6 Å². The molecule has 2 atom stereocenters. The third-order valence-corrected chi connectivity index (χ3v) is 6.92. The van der Waals surface area contributed by atoms with Crippen molar-refractivity contribution >= 4 is 11.9 Å². The molecule has 4 aromatic carbocycles. The lowest BCUT2D eigenvalue weighted by Gasteiger charge is -2.37. The van der Waals surface area contributed by atoms with Crippen LogP contribution in [0.25, 0.3) is 0 Å². The maximum atomic E-state index is 14.5. The van der Waals surface area contributed by atoms with Gasteiger partial charge in [-0.15, -0.1) is 0 Å². The number of halogens is 2. The smallest absolute Gasteiger partial charge is 0.326 e. The third kappa shape index (κ3) is 5.99. The number of aliphatic carboxylic acids is 1. The summed E-state index contributed by atoms with van der Waals surface area (Å²) in [5.41, 5.74) is 2.61. The Labute approximate surface area is 235 Å². The molecule has 0 saturated heterocycles. The van der Waals surface area contributed by atoms with Gasteiger partial charge in [0.2, 0.25) is 6.10 Å². The number of carboxylic acids is 1. The van der Waals surface area contributed by atoms with E-state index in [1.165, 1.54) is 12.0 Å². The van der Waals surface area contributed by atoms with E-state index in [1.54, 1.807) is 42.5 Å². The highest BCUT2D eigenvalue weighted by atomic mass is 19.1. The number of carbonyl (C=O) groups is 2. The highest BCUT2D eigenvalue weighted by molar-refractivity contribution is 5.88. The molecular weight excluding hydrogens is 532 g/mol. The van der Waals surface area contributed by atoms with Crippen molar-refractivity contribution in [3.05, 3.63) is 125 Å². The monoisotopic (exact) mass is 559 g/mol. The second-order valence-corrected chi connectivity index (χ2v) is 9.52. The number of amides is 1. The van der Waals surface area contributed by atoms with Gasteiger partial charge in [0.05, 0.1) is 7.11 Å². The fourth-order valence-electron chi connectivity index (χ4n) is 4.85. The van der Waals surface area contributed by atoms with Crippen LogP contribution in [0.2, 0.25) is 0 Å². The highest BCUT2D eigenvalue weighted by Crippen LogP contribution is 2.40. The van der Waals surface area contributed by atoms with Crippen LogP contribution in [-0.2, 0) is 29.2 Å². The van der Waals surface area contributed by atoms with E-state index in [0.717, 1.165) is 17.7 Å². The van der Waals surface area contributed by atoms with Crippen molar-refractivity contribution < 1.29 is 37.7 Å². The summed E-state index contributed by atoms with van der Waals surface area (Å²) in [6, 6.07) is 22.8. The summed E-state index contributed by atoms with van der Waals surface area (Å²) in [5.74, 6) is -3.15. The molecule has 210 valence electrons. The Morgan fingerprint density at radius 2 is 1.63 bits per heavy atom. The van der Waals surface area contributed by atoms with Gasteiger partial charge >= 0.3 is 5.97 Å². The summed E-state index contributed by atoms with van der Waals surface area (Å²) in [5, 5.41) is 10.2. The molecule has 0 bridgehead atoms. The Bertz CT molecular complexity index is 1550. The Morgan fingerprint density at radius 1 is 0.951 bits per heavy atom. The summed E-state index contributed by atoms with van der Waals surface area (Å²) in [6.07, 6.45) is -1.43. The number of rotatable bonds is 9. The first-order valence-corrected chi connectivity index (χ1v) is 12.9. The normalized spacial score (nSPS) is 15.0. The number of fused-ring (bicyclic) bond motifs is 1. The zero-order valence-corrected chi connectivity index (χ0v) is 22.1. The van der Waals surface area contributed by atoms with E-state index in [4.69, 9.17) is 14.2 Å². The second-order valence-electron chi connectivity index (χ2n) is 9.52. The highest BCUT2D eigenvalue weighted by Gasteiger charge is 2.40. The number of hydrogen-bond donors (Lipinski definition) is 1. The van der Waals surface area contributed by atoms with Crippen molar-refractivity contribution in [2.24, 2.45) is 0 Å². The summed E-state index contributed by atoms with van der Waals surface area (Å²) in [7, 11) is 1.50. The van der Waals surface area contributed by atoms with E-state index in [0.29, 0.717) is 34.3 Å². The third-order valence-electron chi connectivity index (χ3n) is 6.92. The molecule has 0 radical (unpaired) electrons. The molecule has 0 unspecified atom stereocenters. The average Bonchev–Trinajstić information content (AvgIpc) is 2.99. The van der Waals surface area contributed by atoms with Gasteiger partial charge in [0.1, 0.15) is 18.5 Å². The molecule has 0 fully saturated rings. The molecular formula is C32H27F2NO6. The van der Waals surface area contributed by atoms with Crippen molar-refractivity contribution in [3.63, 3.8) is 0 Å². The maximum Gasteiger partial charge on any atom is 0.326 e. The van der Waals surface area contributed by atoms with Crippen LogP contribution >= 0.6 is 0 Å². The number of carboxylic acid groups (broad SMARTS) is 1. The molecule has 41 heavy (non-hydrogen) atoms. The van der Waals surface area contributed by atoms with Crippen molar-refractivity contribution in [2.45, 2.75) is 31.7 Å². The minimum Gasteiger partial charge on any atom is -0.493 e. The van der Waals surface area contributed by atoms with Gasteiger partial charge < -0.3 is 24.2 Å². The minimum absolute atomic E-state index is 0.0514. The first kappa shape index (κ1) is 27.6. The van der Waals surface area contributed by atoms with E-state index < -0.39 is 35.7 Å². The van der Waals surface area contributed by atoms with Crippen molar-refractivity contribution in [2.75, 3.05) is 7.11 Å². The Hall–Kier alpha value is -4.92. The standard InChI is InChI=1S/C32H27F2NO6/c1-39-28-14-12-22-18-35(26(32(37)38)17-24(22)30(28)40-19-20-8-4-2-5-9-20)31(36)29(21-10-6-3-7-11-21)41-27-15-13-23(33)16-25(27)34/h2-16,26,29H,17-19H2,1H3,(H,37,38)/t26-,29-/m0/s1. The molecule has 1 aliphatic heterocycles. The van der Waals surface area contributed by atoms with Crippen molar-refractivity contribution in [3.8, 4) is 17.2 Å². The number of carbonyl (C=O) groups excluding carboxylic acids is 1. The molecule has 4 aromatic rings. The number of benzene rings is 4. The Kier molecular flexibility index (Phi) is 8.14. The lowest BCUT2D eigenvalue weighted by Crippen LogP contribution is -2.51. The molecule has 1 N–H and O–H groups in total. The van der Waals surface area contributed by atoms with Gasteiger partial charge in [-0.05, 0) is 29.3 Å². The molecule has 1 heterocycles. The van der Waals surface area contributed by atoms with Crippen LogP contribution in [-0.4, -0.2) is 35.0 Å². The molecule has 1 aliphatic rings. The van der Waals surface area contributed by atoms with Gasteiger partial charge in [-0.1, -0.05) is 66.7 Å². The van der Waals surface area contributed by atoms with Crippen LogP contribution < -0.4 is 14.2 Å². The molecule has 0 aliphatic carbocycles. The lowest BCUT2D eigenvalue weighted by molar-refractivity contribution is -0.155.